The molecule has 1 heterocycles. The molecule has 4 nitrogen and oxygen atoms in total. The van der Waals surface area contributed by atoms with Gasteiger partial charge >= 0.3 is 4.87 Å². The number of thiazole rings is 1. The van der Waals surface area contributed by atoms with Crippen LogP contribution in [0.4, 0.5) is 5.69 Å². The highest BCUT2D eigenvalue weighted by molar-refractivity contribution is 7.07. The Hall–Kier alpha value is -1.88. The summed E-state index contributed by atoms with van der Waals surface area (Å²) >= 11 is 1.17. The highest BCUT2D eigenvalue weighted by Gasteiger charge is 2.07. The minimum atomic E-state index is -0.0764. The zero-order valence-electron chi connectivity index (χ0n) is 11.9. The van der Waals surface area contributed by atoms with E-state index in [1.165, 1.54) is 11.3 Å². The molecular formula is C15H18N2O2S. The fourth-order valence-corrected chi connectivity index (χ4v) is 2.92. The van der Waals surface area contributed by atoms with E-state index in [2.05, 4.69) is 11.4 Å². The van der Waals surface area contributed by atoms with E-state index >= 15 is 0 Å². The minimum absolute atomic E-state index is 0.0123. The third-order valence-corrected chi connectivity index (χ3v) is 3.93. The summed E-state index contributed by atoms with van der Waals surface area (Å²) in [6.07, 6.45) is 0.296. The molecule has 0 bridgehead atoms. The average Bonchev–Trinajstić information content (AvgIpc) is 2.65. The maximum atomic E-state index is 11.9. The Labute approximate surface area is 122 Å². The summed E-state index contributed by atoms with van der Waals surface area (Å²) in [5.41, 5.74) is 3.94. The zero-order valence-corrected chi connectivity index (χ0v) is 12.7. The normalized spacial score (nSPS) is 10.6. The van der Waals surface area contributed by atoms with E-state index in [0.29, 0.717) is 13.0 Å². The number of aromatic nitrogens is 1. The summed E-state index contributed by atoms with van der Waals surface area (Å²) in [5, 5.41) is 4.68. The number of amides is 1. The third kappa shape index (κ3) is 3.57. The Bertz CT molecular complexity index is 665. The molecule has 1 aromatic carbocycles. The van der Waals surface area contributed by atoms with Gasteiger partial charge in [-0.05, 0) is 44.0 Å². The first-order chi connectivity index (χ1) is 9.45. The fourth-order valence-electron chi connectivity index (χ4n) is 2.16. The Morgan fingerprint density at radius 1 is 1.20 bits per heavy atom. The molecular weight excluding hydrogens is 272 g/mol. The molecule has 2 aromatic rings. The van der Waals surface area contributed by atoms with Gasteiger partial charge < -0.3 is 9.88 Å². The Morgan fingerprint density at radius 2 is 1.85 bits per heavy atom. The molecule has 1 amide bonds. The third-order valence-electron chi connectivity index (χ3n) is 3.04. The molecule has 0 fully saturated rings. The van der Waals surface area contributed by atoms with E-state index in [9.17, 15) is 9.59 Å². The second-order valence-corrected chi connectivity index (χ2v) is 5.79. The molecule has 0 saturated carbocycles. The van der Waals surface area contributed by atoms with Gasteiger partial charge in [0.1, 0.15) is 0 Å². The molecule has 0 saturated heterocycles. The largest absolute Gasteiger partial charge is 0.326 e. The smallest absolute Gasteiger partial charge is 0.307 e. The lowest BCUT2D eigenvalue weighted by molar-refractivity contribution is -0.116. The summed E-state index contributed by atoms with van der Waals surface area (Å²) < 4.78 is 1.63. The van der Waals surface area contributed by atoms with Gasteiger partial charge in [-0.1, -0.05) is 17.4 Å². The molecule has 0 atom stereocenters. The van der Waals surface area contributed by atoms with E-state index in [4.69, 9.17) is 0 Å². The first-order valence-electron chi connectivity index (χ1n) is 6.49. The molecule has 106 valence electrons. The number of rotatable bonds is 4. The van der Waals surface area contributed by atoms with Crippen molar-refractivity contribution >= 4 is 22.9 Å². The van der Waals surface area contributed by atoms with Crippen molar-refractivity contribution in [3.05, 3.63) is 50.1 Å². The van der Waals surface area contributed by atoms with Crippen LogP contribution < -0.4 is 10.2 Å². The molecule has 0 aliphatic heterocycles. The lowest BCUT2D eigenvalue weighted by Gasteiger charge is -2.08. The number of aryl methyl sites for hydroxylation is 3. The highest BCUT2D eigenvalue weighted by Crippen LogP contribution is 2.14. The number of hydrogen-bond donors (Lipinski definition) is 1. The Morgan fingerprint density at radius 3 is 2.40 bits per heavy atom. The van der Waals surface area contributed by atoms with Crippen molar-refractivity contribution in [1.82, 2.24) is 4.57 Å². The van der Waals surface area contributed by atoms with Gasteiger partial charge in [-0.25, -0.2) is 0 Å². The number of carbonyl (C=O) groups excluding carboxylic acids is 1. The van der Waals surface area contributed by atoms with Gasteiger partial charge in [0, 0.05) is 29.7 Å². The van der Waals surface area contributed by atoms with E-state index in [1.54, 1.807) is 4.57 Å². The van der Waals surface area contributed by atoms with Crippen LogP contribution in [-0.2, 0) is 11.3 Å². The molecule has 1 N–H and O–H groups in total. The zero-order chi connectivity index (χ0) is 14.7. The molecule has 5 heteroatoms. The Kier molecular flexibility index (Phi) is 4.39. The van der Waals surface area contributed by atoms with Crippen molar-refractivity contribution in [2.45, 2.75) is 33.7 Å². The van der Waals surface area contributed by atoms with Gasteiger partial charge in [0.25, 0.3) is 0 Å². The van der Waals surface area contributed by atoms with Crippen LogP contribution in [0.3, 0.4) is 0 Å². The number of carbonyl (C=O) groups is 1. The number of nitrogens with zero attached hydrogens (tertiary/aromatic N) is 1. The standard InChI is InChI=1S/C15H18N2O2S/c1-10-6-11(2)8-13(7-10)16-14(18)4-5-17-12(3)9-20-15(17)19/h6-9H,4-5H2,1-3H3,(H,16,18). The molecule has 0 unspecified atom stereocenters. The van der Waals surface area contributed by atoms with Gasteiger partial charge in [-0.3, -0.25) is 9.59 Å². The second-order valence-electron chi connectivity index (χ2n) is 4.97. The van der Waals surface area contributed by atoms with Crippen LogP contribution in [0.1, 0.15) is 23.2 Å². The van der Waals surface area contributed by atoms with Crippen LogP contribution in [0.25, 0.3) is 0 Å². The fraction of sp³-hybridized carbons (Fsp3) is 0.333. The monoisotopic (exact) mass is 290 g/mol. The van der Waals surface area contributed by atoms with Crippen LogP contribution in [0, 0.1) is 20.8 Å². The van der Waals surface area contributed by atoms with E-state index in [-0.39, 0.29) is 10.8 Å². The number of nitrogens with one attached hydrogen (secondary N) is 1. The van der Waals surface area contributed by atoms with E-state index in [1.807, 2.05) is 38.3 Å². The van der Waals surface area contributed by atoms with Crippen molar-refractivity contribution in [3.63, 3.8) is 0 Å². The van der Waals surface area contributed by atoms with Crippen molar-refractivity contribution in [2.75, 3.05) is 5.32 Å². The van der Waals surface area contributed by atoms with Crippen LogP contribution in [-0.4, -0.2) is 10.5 Å². The molecule has 0 aliphatic rings. The van der Waals surface area contributed by atoms with Crippen LogP contribution >= 0.6 is 11.3 Å². The van der Waals surface area contributed by atoms with Crippen LogP contribution in [0.15, 0.2) is 28.4 Å². The highest BCUT2D eigenvalue weighted by atomic mass is 32.1. The summed E-state index contributed by atoms with van der Waals surface area (Å²) in [6.45, 7) is 6.29. The molecule has 20 heavy (non-hydrogen) atoms. The molecule has 2 rings (SSSR count). The van der Waals surface area contributed by atoms with Gasteiger partial charge in [0.15, 0.2) is 0 Å². The SMILES string of the molecule is Cc1cc(C)cc(NC(=O)CCn2c(C)csc2=O)c1. The summed E-state index contributed by atoms with van der Waals surface area (Å²) in [6, 6.07) is 5.93. The first-order valence-corrected chi connectivity index (χ1v) is 7.37. The van der Waals surface area contributed by atoms with E-state index in [0.717, 1.165) is 22.5 Å². The second kappa shape index (κ2) is 6.05. The van der Waals surface area contributed by atoms with Crippen molar-refractivity contribution in [2.24, 2.45) is 0 Å². The van der Waals surface area contributed by atoms with Crippen molar-refractivity contribution in [3.8, 4) is 0 Å². The quantitative estimate of drug-likeness (QED) is 0.941. The molecule has 1 aromatic heterocycles. The summed E-state index contributed by atoms with van der Waals surface area (Å²) in [7, 11) is 0. The molecule has 0 radical (unpaired) electrons. The van der Waals surface area contributed by atoms with Gasteiger partial charge in [0.2, 0.25) is 5.91 Å². The number of hydrogen-bond acceptors (Lipinski definition) is 3. The van der Waals surface area contributed by atoms with Crippen LogP contribution in [0.5, 0.6) is 0 Å². The van der Waals surface area contributed by atoms with Gasteiger partial charge in [-0.2, -0.15) is 0 Å². The Balaban J connectivity index is 1.98. The van der Waals surface area contributed by atoms with Crippen molar-refractivity contribution < 1.29 is 4.79 Å². The van der Waals surface area contributed by atoms with Gasteiger partial charge in [-0.15, -0.1) is 0 Å². The minimum Gasteiger partial charge on any atom is -0.326 e. The number of anilines is 1. The molecule has 0 aliphatic carbocycles. The summed E-state index contributed by atoms with van der Waals surface area (Å²) in [4.78, 5) is 23.5. The molecule has 0 spiro atoms. The first kappa shape index (κ1) is 14.5. The lowest BCUT2D eigenvalue weighted by Crippen LogP contribution is -2.20. The maximum Gasteiger partial charge on any atom is 0.307 e. The topological polar surface area (TPSA) is 51.1 Å². The van der Waals surface area contributed by atoms with Crippen LogP contribution in [0.2, 0.25) is 0 Å². The average molecular weight is 290 g/mol. The summed E-state index contributed by atoms with van der Waals surface area (Å²) in [5.74, 6) is -0.0764. The predicted octanol–water partition coefficient (Wildman–Crippen LogP) is 2.86. The maximum absolute atomic E-state index is 11.9. The van der Waals surface area contributed by atoms with Gasteiger partial charge in [0.05, 0.1) is 0 Å². The predicted molar refractivity (Wildman–Crippen MR) is 82.5 cm³/mol. The van der Waals surface area contributed by atoms with E-state index < -0.39 is 0 Å². The lowest BCUT2D eigenvalue weighted by atomic mass is 10.1. The van der Waals surface area contributed by atoms with Crippen molar-refractivity contribution in [1.29, 1.82) is 0 Å². The number of benzene rings is 1.